The van der Waals surface area contributed by atoms with Crippen LogP contribution in [-0.2, 0) is 12.8 Å². The summed E-state index contributed by atoms with van der Waals surface area (Å²) in [7, 11) is 0. The minimum atomic E-state index is -0.0715. The molecule has 1 aliphatic carbocycles. The van der Waals surface area contributed by atoms with Crippen LogP contribution in [0.2, 0.25) is 0 Å². The summed E-state index contributed by atoms with van der Waals surface area (Å²) in [5.41, 5.74) is 3.24. The second-order valence-electron chi connectivity index (χ2n) is 4.69. The Balaban J connectivity index is 1.71. The highest BCUT2D eigenvalue weighted by Crippen LogP contribution is 2.22. The molecule has 1 aliphatic rings. The molecule has 3 nitrogen and oxygen atoms in total. The van der Waals surface area contributed by atoms with E-state index in [0.29, 0.717) is 10.2 Å². The van der Waals surface area contributed by atoms with E-state index < -0.39 is 0 Å². The number of aromatic nitrogens is 1. The lowest BCUT2D eigenvalue weighted by molar-refractivity contribution is 0.0937. The van der Waals surface area contributed by atoms with Crippen molar-refractivity contribution in [3.05, 3.63) is 63.9 Å². The predicted molar refractivity (Wildman–Crippen MR) is 77.0 cm³/mol. The van der Waals surface area contributed by atoms with Gasteiger partial charge in [0.15, 0.2) is 0 Å². The van der Waals surface area contributed by atoms with Crippen molar-refractivity contribution in [2.24, 2.45) is 0 Å². The van der Waals surface area contributed by atoms with E-state index >= 15 is 0 Å². The molecule has 4 heteroatoms. The minimum Gasteiger partial charge on any atom is -0.349 e. The summed E-state index contributed by atoms with van der Waals surface area (Å²) < 4.78 is 0.586. The van der Waals surface area contributed by atoms with Gasteiger partial charge >= 0.3 is 0 Å². The molecule has 3 rings (SSSR count). The van der Waals surface area contributed by atoms with Gasteiger partial charge < -0.3 is 5.32 Å². The van der Waals surface area contributed by atoms with E-state index in [1.54, 1.807) is 18.3 Å². The summed E-state index contributed by atoms with van der Waals surface area (Å²) in [6, 6.07) is 12.1. The van der Waals surface area contributed by atoms with Crippen molar-refractivity contribution in [2.75, 3.05) is 0 Å². The van der Waals surface area contributed by atoms with Gasteiger partial charge in [-0.3, -0.25) is 4.79 Å². The Morgan fingerprint density at radius 3 is 2.47 bits per heavy atom. The third-order valence-electron chi connectivity index (χ3n) is 3.39. The van der Waals surface area contributed by atoms with Crippen molar-refractivity contribution in [3.63, 3.8) is 0 Å². The molecule has 96 valence electrons. The van der Waals surface area contributed by atoms with Crippen molar-refractivity contribution >= 4 is 21.8 Å². The molecule has 0 fully saturated rings. The van der Waals surface area contributed by atoms with E-state index in [4.69, 9.17) is 0 Å². The van der Waals surface area contributed by atoms with Crippen molar-refractivity contribution < 1.29 is 4.79 Å². The first-order chi connectivity index (χ1) is 9.24. The van der Waals surface area contributed by atoms with Gasteiger partial charge in [-0.2, -0.15) is 0 Å². The predicted octanol–water partition coefficient (Wildman–Crippen LogP) is 2.74. The first kappa shape index (κ1) is 12.4. The second kappa shape index (κ2) is 5.13. The van der Waals surface area contributed by atoms with Gasteiger partial charge in [0.2, 0.25) is 0 Å². The summed E-state index contributed by atoms with van der Waals surface area (Å²) in [5.74, 6) is -0.0715. The van der Waals surface area contributed by atoms with E-state index in [-0.39, 0.29) is 11.9 Å². The van der Waals surface area contributed by atoms with Gasteiger partial charge in [0.05, 0.1) is 5.56 Å². The van der Waals surface area contributed by atoms with E-state index in [1.807, 2.05) is 12.1 Å². The van der Waals surface area contributed by atoms with Gasteiger partial charge in [-0.05, 0) is 52.0 Å². The highest BCUT2D eigenvalue weighted by molar-refractivity contribution is 9.10. The molecule has 19 heavy (non-hydrogen) atoms. The number of rotatable bonds is 2. The maximum absolute atomic E-state index is 12.2. The molecule has 0 saturated carbocycles. The van der Waals surface area contributed by atoms with Crippen LogP contribution in [0, 0.1) is 0 Å². The molecule has 1 aromatic carbocycles. The number of carbonyl (C=O) groups excluding carboxylic acids is 1. The van der Waals surface area contributed by atoms with Gasteiger partial charge in [-0.15, -0.1) is 0 Å². The van der Waals surface area contributed by atoms with Crippen LogP contribution in [-0.4, -0.2) is 16.9 Å². The van der Waals surface area contributed by atoms with Crippen LogP contribution < -0.4 is 5.32 Å². The zero-order valence-electron chi connectivity index (χ0n) is 10.3. The van der Waals surface area contributed by atoms with E-state index in [9.17, 15) is 4.79 Å². The van der Waals surface area contributed by atoms with E-state index in [1.165, 1.54) is 11.1 Å². The fourth-order valence-corrected chi connectivity index (χ4v) is 2.91. The molecule has 1 aromatic heterocycles. The fourth-order valence-electron chi connectivity index (χ4n) is 2.48. The number of carbonyl (C=O) groups is 1. The lowest BCUT2D eigenvalue weighted by Gasteiger charge is -2.12. The number of pyridine rings is 1. The summed E-state index contributed by atoms with van der Waals surface area (Å²) in [5, 5.41) is 3.07. The van der Waals surface area contributed by atoms with E-state index in [2.05, 4.69) is 38.4 Å². The molecule has 0 spiro atoms. The van der Waals surface area contributed by atoms with Crippen LogP contribution in [0.5, 0.6) is 0 Å². The average Bonchev–Trinajstić information content (AvgIpc) is 2.81. The Labute approximate surface area is 120 Å². The summed E-state index contributed by atoms with van der Waals surface area (Å²) in [6.07, 6.45) is 3.46. The Morgan fingerprint density at radius 1 is 1.16 bits per heavy atom. The van der Waals surface area contributed by atoms with E-state index in [0.717, 1.165) is 12.8 Å². The standard InChI is InChI=1S/C15H13BrN2O/c16-14-13(6-3-7-17-14)15(19)18-12-8-10-4-1-2-5-11(10)9-12/h1-7,12H,8-9H2,(H,18,19). The van der Waals surface area contributed by atoms with Crippen molar-refractivity contribution in [1.82, 2.24) is 10.3 Å². The number of benzene rings is 1. The van der Waals surface area contributed by atoms with Gasteiger partial charge in [0, 0.05) is 12.2 Å². The molecule has 0 aliphatic heterocycles. The van der Waals surface area contributed by atoms with Crippen LogP contribution in [0.4, 0.5) is 0 Å². The number of fused-ring (bicyclic) bond motifs is 1. The van der Waals surface area contributed by atoms with Crippen molar-refractivity contribution in [3.8, 4) is 0 Å². The summed E-state index contributed by atoms with van der Waals surface area (Å²) in [4.78, 5) is 16.3. The maximum atomic E-state index is 12.2. The van der Waals surface area contributed by atoms with Crippen LogP contribution in [0.1, 0.15) is 21.5 Å². The zero-order valence-corrected chi connectivity index (χ0v) is 11.9. The molecule has 0 unspecified atom stereocenters. The number of amides is 1. The molecule has 1 heterocycles. The second-order valence-corrected chi connectivity index (χ2v) is 5.44. The van der Waals surface area contributed by atoms with Crippen LogP contribution in [0.3, 0.4) is 0 Å². The number of nitrogens with zero attached hydrogens (tertiary/aromatic N) is 1. The van der Waals surface area contributed by atoms with Crippen LogP contribution >= 0.6 is 15.9 Å². The Kier molecular flexibility index (Phi) is 3.34. The Morgan fingerprint density at radius 2 is 1.84 bits per heavy atom. The number of hydrogen-bond donors (Lipinski definition) is 1. The largest absolute Gasteiger partial charge is 0.349 e. The fraction of sp³-hybridized carbons (Fsp3) is 0.200. The summed E-state index contributed by atoms with van der Waals surface area (Å²) in [6.45, 7) is 0. The lowest BCUT2D eigenvalue weighted by Crippen LogP contribution is -2.35. The highest BCUT2D eigenvalue weighted by Gasteiger charge is 2.23. The molecule has 1 amide bonds. The molecule has 0 bridgehead atoms. The molecule has 0 saturated heterocycles. The topological polar surface area (TPSA) is 42.0 Å². The normalized spacial score (nSPS) is 14.2. The van der Waals surface area contributed by atoms with Gasteiger partial charge in [0.1, 0.15) is 4.60 Å². The van der Waals surface area contributed by atoms with Crippen LogP contribution in [0.25, 0.3) is 0 Å². The van der Waals surface area contributed by atoms with Crippen molar-refractivity contribution in [2.45, 2.75) is 18.9 Å². The number of halogens is 1. The highest BCUT2D eigenvalue weighted by atomic mass is 79.9. The van der Waals surface area contributed by atoms with Crippen molar-refractivity contribution in [1.29, 1.82) is 0 Å². The summed E-state index contributed by atoms with van der Waals surface area (Å²) >= 11 is 3.30. The van der Waals surface area contributed by atoms with Gasteiger partial charge in [-0.25, -0.2) is 4.98 Å². The van der Waals surface area contributed by atoms with Gasteiger partial charge in [-0.1, -0.05) is 24.3 Å². The third kappa shape index (κ3) is 2.54. The molecular weight excluding hydrogens is 304 g/mol. The first-order valence-corrected chi connectivity index (χ1v) is 7.01. The lowest BCUT2D eigenvalue weighted by atomic mass is 10.1. The SMILES string of the molecule is O=C(NC1Cc2ccccc2C1)c1cccnc1Br. The molecular formula is C15H13BrN2O. The Hall–Kier alpha value is -1.68. The third-order valence-corrected chi connectivity index (χ3v) is 4.02. The molecule has 0 radical (unpaired) electrons. The number of nitrogens with one attached hydrogen (secondary N) is 1. The Bertz CT molecular complexity index is 602. The zero-order chi connectivity index (χ0) is 13.2. The molecule has 1 N–H and O–H groups in total. The maximum Gasteiger partial charge on any atom is 0.254 e. The smallest absolute Gasteiger partial charge is 0.254 e. The average molecular weight is 317 g/mol. The minimum absolute atomic E-state index is 0.0715. The molecule has 0 atom stereocenters. The number of hydrogen-bond acceptors (Lipinski definition) is 2. The monoisotopic (exact) mass is 316 g/mol. The molecule has 2 aromatic rings. The quantitative estimate of drug-likeness (QED) is 0.866. The van der Waals surface area contributed by atoms with Crippen LogP contribution in [0.15, 0.2) is 47.2 Å². The first-order valence-electron chi connectivity index (χ1n) is 6.22. The van der Waals surface area contributed by atoms with Gasteiger partial charge in [0.25, 0.3) is 5.91 Å².